The Morgan fingerprint density at radius 2 is 2.00 bits per heavy atom. The van der Waals surface area contributed by atoms with E-state index in [1.807, 2.05) is 11.9 Å². The number of ether oxygens (including phenoxy) is 1. The zero-order valence-electron chi connectivity index (χ0n) is 19.1. The third kappa shape index (κ3) is 5.48. The maximum absolute atomic E-state index is 15.1. The average Bonchev–Trinajstić information content (AvgIpc) is 3.45. The quantitative estimate of drug-likeness (QED) is 0.379. The summed E-state index contributed by atoms with van der Waals surface area (Å²) in [6.07, 6.45) is -0.431. The number of fused-ring (bicyclic) bond motifs is 1. The first-order chi connectivity index (χ1) is 15.9. The lowest BCUT2D eigenvalue weighted by molar-refractivity contribution is -0.0425. The van der Waals surface area contributed by atoms with E-state index in [4.69, 9.17) is 20.9 Å². The minimum Gasteiger partial charge on any atom is -0.387 e. The van der Waals surface area contributed by atoms with Crippen LogP contribution in [-0.2, 0) is 18.4 Å². The molecule has 15 heteroatoms. The van der Waals surface area contributed by atoms with Crippen molar-refractivity contribution in [1.82, 2.24) is 19.5 Å². The first kappa shape index (κ1) is 25.9. The van der Waals surface area contributed by atoms with Gasteiger partial charge in [0.25, 0.3) is 0 Å². The van der Waals surface area contributed by atoms with Gasteiger partial charge in [-0.15, -0.1) is 0 Å². The second kappa shape index (κ2) is 9.73. The van der Waals surface area contributed by atoms with E-state index in [9.17, 15) is 19.1 Å². The smallest absolute Gasteiger partial charge is 0.335 e. The van der Waals surface area contributed by atoms with E-state index < -0.39 is 51.9 Å². The van der Waals surface area contributed by atoms with Crippen LogP contribution in [0.25, 0.3) is 11.2 Å². The minimum absolute atomic E-state index is 0.0345. The molecule has 1 saturated heterocycles. The van der Waals surface area contributed by atoms with Crippen molar-refractivity contribution >= 4 is 43.3 Å². The molecule has 5 atom stereocenters. The molecule has 1 unspecified atom stereocenters. The lowest BCUT2D eigenvalue weighted by atomic mass is 10.1. The molecule has 2 aliphatic rings. The summed E-state index contributed by atoms with van der Waals surface area (Å²) in [6, 6.07) is 0.287. The predicted octanol–water partition coefficient (Wildman–Crippen LogP) is 3.24. The molecule has 2 fully saturated rings. The highest BCUT2D eigenvalue weighted by molar-refractivity contribution is 7.75. The number of aliphatic hydroxyl groups excluding tert-OH is 1. The summed E-state index contributed by atoms with van der Waals surface area (Å²) in [6.45, 7) is 2.18. The predicted molar refractivity (Wildman–Crippen MR) is 126 cm³/mol. The zero-order valence-corrected chi connectivity index (χ0v) is 21.7. The van der Waals surface area contributed by atoms with Gasteiger partial charge in [-0.1, -0.05) is 12.8 Å². The fourth-order valence-corrected chi connectivity index (χ4v) is 8.81. The molecule has 11 nitrogen and oxygen atoms in total. The summed E-state index contributed by atoms with van der Waals surface area (Å²) in [7, 11) is -5.14. The Morgan fingerprint density at radius 1 is 1.32 bits per heavy atom. The van der Waals surface area contributed by atoms with Gasteiger partial charge in [0.05, 0.1) is 20.1 Å². The van der Waals surface area contributed by atoms with Gasteiger partial charge in [-0.25, -0.2) is 9.37 Å². The summed E-state index contributed by atoms with van der Waals surface area (Å²) in [5.41, 5.74) is 0.664. The lowest BCUT2D eigenvalue weighted by Gasteiger charge is -2.25. The molecule has 1 aliphatic heterocycles. The Kier molecular flexibility index (Phi) is 7.43. The minimum atomic E-state index is -4.21. The monoisotopic (exact) mass is 539 g/mol. The van der Waals surface area contributed by atoms with Crippen molar-refractivity contribution in [2.75, 3.05) is 37.8 Å². The Hall–Kier alpha value is -1.13. The number of nitrogens with zero attached hydrogens (tertiary/aromatic N) is 5. The van der Waals surface area contributed by atoms with Crippen molar-refractivity contribution < 1.29 is 32.8 Å². The van der Waals surface area contributed by atoms with Crippen LogP contribution in [-0.4, -0.2) is 86.8 Å². The molecule has 1 saturated carbocycles. The molecule has 4 rings (SSSR count). The van der Waals surface area contributed by atoms with Gasteiger partial charge in [0.1, 0.15) is 18.1 Å². The van der Waals surface area contributed by atoms with Gasteiger partial charge in [-0.3, -0.25) is 9.13 Å². The number of anilines is 1. The van der Waals surface area contributed by atoms with E-state index >= 15 is 4.39 Å². The number of imidazole rings is 1. The molecule has 3 heterocycles. The topological polar surface area (TPSA) is 140 Å². The summed E-state index contributed by atoms with van der Waals surface area (Å²) >= 11 is 6.18. The second-order valence-corrected chi connectivity index (χ2v) is 15.5. The van der Waals surface area contributed by atoms with Crippen molar-refractivity contribution in [1.29, 1.82) is 0 Å². The fourth-order valence-electron chi connectivity index (χ4n) is 4.50. The van der Waals surface area contributed by atoms with Crippen LogP contribution in [0.3, 0.4) is 0 Å². The number of hydrogen-bond acceptors (Lipinski definition) is 9. The van der Waals surface area contributed by atoms with Crippen LogP contribution in [0.5, 0.6) is 0 Å². The van der Waals surface area contributed by atoms with E-state index in [-0.39, 0.29) is 17.0 Å². The molecule has 2 N–H and O–H groups in total. The average molecular weight is 540 g/mol. The Bertz CT molecular complexity index is 1140. The molecule has 190 valence electrons. The molecule has 0 amide bonds. The van der Waals surface area contributed by atoms with E-state index in [1.54, 1.807) is 0 Å². The molecule has 1 aliphatic carbocycles. The van der Waals surface area contributed by atoms with Gasteiger partial charge in [-0.2, -0.15) is 9.97 Å². The highest BCUT2D eigenvalue weighted by atomic mass is 35.5. The number of aromatic nitrogens is 4. The molecule has 34 heavy (non-hydrogen) atoms. The summed E-state index contributed by atoms with van der Waals surface area (Å²) < 4.78 is 51.1. The molecule has 2 aromatic heterocycles. The van der Waals surface area contributed by atoms with Crippen LogP contribution in [0.1, 0.15) is 31.9 Å². The van der Waals surface area contributed by atoms with Gasteiger partial charge >= 0.3 is 7.60 Å². The Morgan fingerprint density at radius 3 is 2.65 bits per heavy atom. The van der Waals surface area contributed by atoms with Gasteiger partial charge in [0.2, 0.25) is 5.28 Å². The fraction of sp³-hybridized carbons (Fsp3) is 0.737. The van der Waals surface area contributed by atoms with Crippen LogP contribution in [0.4, 0.5) is 10.2 Å². The largest absolute Gasteiger partial charge is 0.387 e. The molecule has 0 aromatic carbocycles. The first-order valence-corrected chi connectivity index (χ1v) is 15.9. The normalized spacial score (nSPS) is 28.0. The maximum Gasteiger partial charge on any atom is 0.335 e. The highest BCUT2D eigenvalue weighted by Crippen LogP contribution is 2.56. The third-order valence-electron chi connectivity index (χ3n) is 6.11. The Labute approximate surface area is 201 Å². The number of hydrogen-bond donors (Lipinski definition) is 2. The summed E-state index contributed by atoms with van der Waals surface area (Å²) in [5.74, 6) is 0.00345. The van der Waals surface area contributed by atoms with E-state index in [2.05, 4.69) is 15.0 Å². The molecule has 0 bridgehead atoms. The third-order valence-corrected chi connectivity index (χ3v) is 11.0. The van der Waals surface area contributed by atoms with Crippen molar-refractivity contribution in [3.63, 3.8) is 0 Å². The van der Waals surface area contributed by atoms with Gasteiger partial charge in [0.15, 0.2) is 29.4 Å². The first-order valence-electron chi connectivity index (χ1n) is 11.0. The van der Waals surface area contributed by atoms with E-state index in [0.717, 1.165) is 25.7 Å². The lowest BCUT2D eigenvalue weighted by Crippen LogP contribution is -2.31. The maximum atomic E-state index is 15.1. The van der Waals surface area contributed by atoms with Crippen molar-refractivity contribution in [2.24, 2.45) is 0 Å². The summed E-state index contributed by atoms with van der Waals surface area (Å²) in [4.78, 5) is 24.9. The van der Waals surface area contributed by atoms with Crippen molar-refractivity contribution in [3.05, 3.63) is 11.6 Å². The van der Waals surface area contributed by atoms with Crippen LogP contribution in [0, 0.1) is 0 Å². The SMILES string of the molecule is CN(c1nc(Cl)nc2c1ncn2[C@@H]1O[C@H](COP(=O)(O)CP(C)(C)=O)[C@@H](O)[C@@H]1F)C1CCCC1. The van der Waals surface area contributed by atoms with Crippen LogP contribution >= 0.6 is 26.3 Å². The molecule has 2 aromatic rings. The highest BCUT2D eigenvalue weighted by Gasteiger charge is 2.47. The van der Waals surface area contributed by atoms with Crippen LogP contribution in [0.2, 0.25) is 5.28 Å². The van der Waals surface area contributed by atoms with Crippen LogP contribution in [0.15, 0.2) is 6.33 Å². The van der Waals surface area contributed by atoms with Crippen molar-refractivity contribution in [2.45, 2.75) is 56.3 Å². The van der Waals surface area contributed by atoms with Crippen LogP contribution < -0.4 is 4.90 Å². The number of rotatable bonds is 8. The second-order valence-electron chi connectivity index (χ2n) is 9.34. The van der Waals surface area contributed by atoms with Crippen molar-refractivity contribution in [3.8, 4) is 0 Å². The zero-order chi connectivity index (χ0) is 24.8. The summed E-state index contributed by atoms with van der Waals surface area (Å²) in [5, 5.41) is 10.3. The molecule has 0 radical (unpaired) electrons. The number of halogens is 2. The Balaban J connectivity index is 1.56. The number of alkyl halides is 1. The van der Waals surface area contributed by atoms with Gasteiger partial charge in [0, 0.05) is 13.1 Å². The molecular weight excluding hydrogens is 511 g/mol. The van der Waals surface area contributed by atoms with Gasteiger partial charge < -0.3 is 28.7 Å². The van der Waals surface area contributed by atoms with E-state index in [0.29, 0.717) is 11.3 Å². The van der Waals surface area contributed by atoms with E-state index in [1.165, 1.54) is 24.2 Å². The molecule has 0 spiro atoms. The number of aliphatic hydroxyl groups is 1. The standard InChI is InChI=1S/C19H29ClFN5O6P2/c1-25(11-6-4-5-7-11)16-14-17(24-19(20)23-16)26(9-22-14)18-13(21)15(27)12(32-18)8-31-34(29,30)10-33(2,3)28/h9,11-13,15,18,27H,4-8,10H2,1-3H3,(H,29,30)/t12-,13+,15-,18-/m1/s1. The van der Waals surface area contributed by atoms with Gasteiger partial charge in [-0.05, 0) is 37.8 Å². The molecular formula is C19H29ClFN5O6P2.